The molecule has 0 spiro atoms. The number of nitrogens with zero attached hydrogens (tertiary/aromatic N) is 1. The fourth-order valence-electron chi connectivity index (χ4n) is 4.82. The number of alkyl carbamates (subject to hydrolysis) is 1. The van der Waals surface area contributed by atoms with E-state index in [-0.39, 0.29) is 49.1 Å². The van der Waals surface area contributed by atoms with Crippen molar-refractivity contribution in [1.29, 1.82) is 0 Å². The summed E-state index contributed by atoms with van der Waals surface area (Å²) in [6.45, 7) is 6.14. The zero-order chi connectivity index (χ0) is 31.6. The molecule has 12 nitrogen and oxygen atoms in total. The van der Waals surface area contributed by atoms with Crippen LogP contribution in [0.15, 0.2) is 59.5 Å². The predicted molar refractivity (Wildman–Crippen MR) is 160 cm³/mol. The summed E-state index contributed by atoms with van der Waals surface area (Å²) in [6, 6.07) is 14.5. The van der Waals surface area contributed by atoms with Crippen LogP contribution in [0.1, 0.15) is 32.8 Å². The lowest BCUT2D eigenvalue weighted by Gasteiger charge is -2.31. The van der Waals surface area contributed by atoms with Crippen LogP contribution in [0.5, 0.6) is 0 Å². The summed E-state index contributed by atoms with van der Waals surface area (Å²) in [5.41, 5.74) is 7.07. The third-order valence-corrected chi connectivity index (χ3v) is 8.97. The number of hydrogen-bond acceptors (Lipinski definition) is 10. The largest absolute Gasteiger partial charge is 0.443 e. The Morgan fingerprint density at radius 2 is 1.72 bits per heavy atom. The summed E-state index contributed by atoms with van der Waals surface area (Å²) >= 11 is 0. The van der Waals surface area contributed by atoms with Crippen LogP contribution in [-0.2, 0) is 35.4 Å². The lowest BCUT2D eigenvalue weighted by molar-refractivity contribution is -0.0907. The van der Waals surface area contributed by atoms with Gasteiger partial charge in [0.15, 0.2) is 12.6 Å². The molecule has 13 heteroatoms. The fraction of sp³-hybridized carbons (Fsp3) is 0.567. The quantitative estimate of drug-likeness (QED) is 0.203. The van der Waals surface area contributed by atoms with E-state index in [0.717, 1.165) is 12.0 Å². The van der Waals surface area contributed by atoms with Crippen molar-refractivity contribution in [1.82, 2.24) is 9.62 Å². The van der Waals surface area contributed by atoms with Crippen molar-refractivity contribution in [2.24, 2.45) is 11.8 Å². The van der Waals surface area contributed by atoms with Crippen molar-refractivity contribution in [3.8, 4) is 0 Å². The van der Waals surface area contributed by atoms with E-state index in [4.69, 9.17) is 25.1 Å². The average molecular weight is 624 g/mol. The van der Waals surface area contributed by atoms with E-state index < -0.39 is 40.7 Å². The molecule has 43 heavy (non-hydrogen) atoms. The molecule has 2 heterocycles. The van der Waals surface area contributed by atoms with Crippen molar-refractivity contribution in [3.63, 3.8) is 0 Å². The Labute approximate surface area is 254 Å². The first kappa shape index (κ1) is 34.7. The summed E-state index contributed by atoms with van der Waals surface area (Å²) in [7, 11) is -2.48. The third-order valence-electron chi connectivity index (χ3n) is 7.13. The number of amides is 1. The molecular weight excluding hydrogens is 578 g/mol. The average Bonchev–Trinajstić information content (AvgIpc) is 3.58. The number of ether oxygens (including phenoxy) is 4. The smallest absolute Gasteiger partial charge is 0.407 e. The monoisotopic (exact) mass is 623 g/mol. The second-order valence-electron chi connectivity index (χ2n) is 11.1. The minimum Gasteiger partial charge on any atom is -0.443 e. The van der Waals surface area contributed by atoms with Crippen LogP contribution in [-0.4, -0.2) is 93.3 Å². The zero-order valence-corrected chi connectivity index (χ0v) is 26.0. The van der Waals surface area contributed by atoms with E-state index in [0.29, 0.717) is 12.3 Å². The number of aliphatic hydroxyl groups is 2. The van der Waals surface area contributed by atoms with Gasteiger partial charge in [-0.25, -0.2) is 13.2 Å². The summed E-state index contributed by atoms with van der Waals surface area (Å²) < 4.78 is 49.2. The van der Waals surface area contributed by atoms with E-state index in [1.54, 1.807) is 6.92 Å². The standard InChI is InChI=1S/C27H37N3O7S.C3H8O2/c1-18(2)15-30(38(33,34)21-10-8-20(28)9-11-21)16-24(31)23(14-19-6-4-3-5-7-19)29-27(32)37-25-17-36-26-22(25)12-13-35-26;1-3(4)5-2/h3-11,18,22-26,31H,12-17,28H2,1-2H3,(H,29,32);3-4H,1-2H3/t22-,23-,24+,25-,26+;/m0./s1. The van der Waals surface area contributed by atoms with Crippen LogP contribution in [0, 0.1) is 11.8 Å². The van der Waals surface area contributed by atoms with Gasteiger partial charge in [0.25, 0.3) is 0 Å². The first-order valence-corrected chi connectivity index (χ1v) is 15.8. The maximum absolute atomic E-state index is 13.5. The maximum atomic E-state index is 13.5. The van der Waals surface area contributed by atoms with Crippen LogP contribution in [0.25, 0.3) is 0 Å². The molecule has 1 unspecified atom stereocenters. The topological polar surface area (TPSA) is 170 Å². The summed E-state index contributed by atoms with van der Waals surface area (Å²) in [5.74, 6) is -0.0231. The molecule has 6 atom stereocenters. The highest BCUT2D eigenvalue weighted by Gasteiger charge is 2.44. The van der Waals surface area contributed by atoms with Gasteiger partial charge in [-0.15, -0.1) is 0 Å². The van der Waals surface area contributed by atoms with Crippen molar-refractivity contribution in [2.75, 3.05) is 39.1 Å². The molecule has 2 aliphatic heterocycles. The van der Waals surface area contributed by atoms with E-state index in [1.807, 2.05) is 44.2 Å². The van der Waals surface area contributed by atoms with Crippen LogP contribution in [0.3, 0.4) is 0 Å². The van der Waals surface area contributed by atoms with Gasteiger partial charge in [0.05, 0.1) is 36.2 Å². The zero-order valence-electron chi connectivity index (χ0n) is 25.2. The highest BCUT2D eigenvalue weighted by molar-refractivity contribution is 7.89. The van der Waals surface area contributed by atoms with Crippen LogP contribution in [0.4, 0.5) is 10.5 Å². The number of hydrogen-bond donors (Lipinski definition) is 4. The highest BCUT2D eigenvalue weighted by atomic mass is 32.2. The number of carbonyl (C=O) groups excluding carboxylic acids is 1. The molecule has 5 N–H and O–H groups in total. The first-order chi connectivity index (χ1) is 20.4. The van der Waals surface area contributed by atoms with E-state index >= 15 is 0 Å². The molecule has 0 aromatic heterocycles. The second kappa shape index (κ2) is 16.3. The second-order valence-corrected chi connectivity index (χ2v) is 13.0. The van der Waals surface area contributed by atoms with Crippen molar-refractivity contribution >= 4 is 21.8 Å². The number of aliphatic hydroxyl groups excluding tert-OH is 2. The van der Waals surface area contributed by atoms with Crippen molar-refractivity contribution in [2.45, 2.75) is 69.3 Å². The van der Waals surface area contributed by atoms with Crippen LogP contribution in [0.2, 0.25) is 0 Å². The minimum atomic E-state index is -3.93. The Kier molecular flexibility index (Phi) is 13.2. The SMILES string of the molecule is CC(C)CN(C[C@@H](O)[C@H](Cc1ccccc1)NC(=O)O[C@H]1CO[C@H]2OCC[C@H]21)S(=O)(=O)c1ccc(N)cc1.COC(C)O. The van der Waals surface area contributed by atoms with Crippen LogP contribution >= 0.6 is 0 Å². The predicted octanol–water partition coefficient (Wildman–Crippen LogP) is 2.35. The van der Waals surface area contributed by atoms with Gasteiger partial charge in [-0.2, -0.15) is 4.31 Å². The van der Waals surface area contributed by atoms with E-state index in [9.17, 15) is 18.3 Å². The van der Waals surface area contributed by atoms with Gasteiger partial charge in [-0.1, -0.05) is 44.2 Å². The molecule has 2 aromatic carbocycles. The molecular formula is C30H45N3O9S. The minimum absolute atomic E-state index is 0.000183. The van der Waals surface area contributed by atoms with Gasteiger partial charge in [-0.3, -0.25) is 0 Å². The normalized spacial score (nSPS) is 21.9. The molecule has 2 aromatic rings. The van der Waals surface area contributed by atoms with Gasteiger partial charge < -0.3 is 40.2 Å². The Morgan fingerprint density at radius 3 is 2.33 bits per heavy atom. The lowest BCUT2D eigenvalue weighted by atomic mass is 10.0. The van der Waals surface area contributed by atoms with E-state index in [1.165, 1.54) is 35.7 Å². The third kappa shape index (κ3) is 10.4. The molecule has 4 rings (SSSR count). The number of fused-ring (bicyclic) bond motifs is 1. The molecule has 2 fully saturated rings. The van der Waals surface area contributed by atoms with Gasteiger partial charge >= 0.3 is 6.09 Å². The van der Waals surface area contributed by atoms with Gasteiger partial charge in [0, 0.05) is 25.9 Å². The van der Waals surface area contributed by atoms with Gasteiger partial charge in [0.2, 0.25) is 10.0 Å². The Hall–Kier alpha value is -2.78. The molecule has 0 saturated carbocycles. The molecule has 0 radical (unpaired) electrons. The Balaban J connectivity index is 0.000000934. The number of nitrogen functional groups attached to an aromatic ring is 1. The summed E-state index contributed by atoms with van der Waals surface area (Å²) in [4.78, 5) is 13.0. The maximum Gasteiger partial charge on any atom is 0.407 e. The van der Waals surface area contributed by atoms with Crippen molar-refractivity contribution < 1.29 is 42.4 Å². The molecule has 1 amide bonds. The number of nitrogens with one attached hydrogen (secondary N) is 1. The van der Waals surface area contributed by atoms with Gasteiger partial charge in [-0.05, 0) is 55.5 Å². The molecule has 0 aliphatic carbocycles. The summed E-state index contributed by atoms with van der Waals surface area (Å²) in [6.07, 6.45) is -2.30. The highest BCUT2D eigenvalue weighted by Crippen LogP contribution is 2.33. The first-order valence-electron chi connectivity index (χ1n) is 14.4. The number of sulfonamides is 1. The Morgan fingerprint density at radius 1 is 1.07 bits per heavy atom. The number of methoxy groups -OCH3 is 1. The molecule has 240 valence electrons. The van der Waals surface area contributed by atoms with Crippen molar-refractivity contribution in [3.05, 3.63) is 60.2 Å². The molecule has 0 bridgehead atoms. The number of carbonyl (C=O) groups is 1. The number of rotatable bonds is 12. The number of anilines is 1. The number of nitrogens with two attached hydrogens (primary N) is 1. The van der Waals surface area contributed by atoms with Gasteiger partial charge in [0.1, 0.15) is 6.10 Å². The van der Waals surface area contributed by atoms with E-state index in [2.05, 4.69) is 10.1 Å². The molecule has 2 saturated heterocycles. The lowest BCUT2D eigenvalue weighted by Crippen LogP contribution is -2.51. The fourth-order valence-corrected chi connectivity index (χ4v) is 6.45. The Bertz CT molecular complexity index is 1230. The molecule has 2 aliphatic rings. The summed E-state index contributed by atoms with van der Waals surface area (Å²) in [5, 5.41) is 22.2. The number of benzene rings is 2. The van der Waals surface area contributed by atoms with Crippen LogP contribution < -0.4 is 11.1 Å².